The third kappa shape index (κ3) is 3.30. The smallest absolute Gasteiger partial charge is 0.341 e. The highest BCUT2D eigenvalue weighted by molar-refractivity contribution is 5.99. The minimum atomic E-state index is -1.45. The average Bonchev–Trinajstić information content (AvgIpc) is 3.45. The number of pyridine rings is 1. The molecule has 5 N–H and O–H groups in total. The number of carboxylic acid groups (broad SMARTS) is 1. The van der Waals surface area contributed by atoms with Gasteiger partial charge in [0.15, 0.2) is 11.6 Å². The first kappa shape index (κ1) is 22.3. The number of carbonyl (C=O) groups is 1. The molecule has 4 rings (SSSR count). The number of nitrogens with zero attached hydrogens (tertiary/aromatic N) is 2. The number of anilines is 2. The van der Waals surface area contributed by atoms with Gasteiger partial charge in [0.25, 0.3) is 0 Å². The quantitative estimate of drug-likeness (QED) is 0.613. The van der Waals surface area contributed by atoms with E-state index in [4.69, 9.17) is 11.5 Å². The third-order valence-electron chi connectivity index (χ3n) is 6.25. The SMILES string of the molecule is CC[C@@H]1CN(c2c(F)c(N)c3c(=O)c(C(=O)O)cn(C4CC4)c3c2F)C[C@@H]1CN.Cl. The second-order valence-electron chi connectivity index (χ2n) is 8.00. The second kappa shape index (κ2) is 8.03. The van der Waals surface area contributed by atoms with Gasteiger partial charge in [0.2, 0.25) is 5.43 Å². The fourth-order valence-electron chi connectivity index (χ4n) is 4.47. The summed E-state index contributed by atoms with van der Waals surface area (Å²) in [6, 6.07) is -0.137. The molecule has 2 heterocycles. The Balaban J connectivity index is 0.00000256. The Labute approximate surface area is 178 Å². The first-order valence-corrected chi connectivity index (χ1v) is 9.83. The molecular weight excluding hydrogens is 418 g/mol. The van der Waals surface area contributed by atoms with Crippen LogP contribution in [0.4, 0.5) is 20.2 Å². The highest BCUT2D eigenvalue weighted by atomic mass is 35.5. The van der Waals surface area contributed by atoms with Crippen molar-refractivity contribution in [1.29, 1.82) is 0 Å². The van der Waals surface area contributed by atoms with Crippen molar-refractivity contribution in [2.24, 2.45) is 17.6 Å². The molecule has 7 nitrogen and oxygen atoms in total. The summed E-state index contributed by atoms with van der Waals surface area (Å²) in [5.74, 6) is -3.04. The van der Waals surface area contributed by atoms with Crippen LogP contribution in [0.2, 0.25) is 0 Å². The summed E-state index contributed by atoms with van der Waals surface area (Å²) in [6.07, 6.45) is 3.43. The van der Waals surface area contributed by atoms with Crippen molar-refractivity contribution in [2.75, 3.05) is 30.3 Å². The molecule has 1 aromatic heterocycles. The summed E-state index contributed by atoms with van der Waals surface area (Å²) in [6.45, 7) is 3.26. The average molecular weight is 443 g/mol. The van der Waals surface area contributed by atoms with Gasteiger partial charge in [0.05, 0.1) is 16.6 Å². The number of nitrogens with two attached hydrogens (primary N) is 2. The van der Waals surface area contributed by atoms with Crippen molar-refractivity contribution in [3.63, 3.8) is 0 Å². The van der Waals surface area contributed by atoms with Gasteiger partial charge >= 0.3 is 5.97 Å². The van der Waals surface area contributed by atoms with E-state index in [1.807, 2.05) is 6.92 Å². The maximum absolute atomic E-state index is 15.7. The van der Waals surface area contributed by atoms with Gasteiger partial charge in [-0.05, 0) is 31.2 Å². The van der Waals surface area contributed by atoms with E-state index in [0.717, 1.165) is 25.5 Å². The lowest BCUT2D eigenvalue weighted by atomic mass is 9.94. The van der Waals surface area contributed by atoms with E-state index in [2.05, 4.69) is 0 Å². The molecule has 1 saturated carbocycles. The van der Waals surface area contributed by atoms with Crippen molar-refractivity contribution in [2.45, 2.75) is 32.2 Å². The first-order valence-electron chi connectivity index (χ1n) is 9.83. The molecule has 30 heavy (non-hydrogen) atoms. The highest BCUT2D eigenvalue weighted by Crippen LogP contribution is 2.43. The standard InChI is InChI=1S/C20H24F2N4O3.ClH/c1-2-9-6-25(7-10(9)5-23)18-14(21)16(24)13-17(15(18)22)26(11-3-4-11)8-12(19(13)27)20(28)29;/h8-11H,2-7,23-24H2,1H3,(H,28,29);1H/t9-,10+;/m1./s1. The summed E-state index contributed by atoms with van der Waals surface area (Å²) in [5.41, 5.74) is 9.37. The van der Waals surface area contributed by atoms with E-state index in [-0.39, 0.29) is 41.5 Å². The number of benzene rings is 1. The number of nitrogen functional groups attached to an aromatic ring is 1. The van der Waals surface area contributed by atoms with Crippen LogP contribution in [0, 0.1) is 23.5 Å². The minimum absolute atomic E-state index is 0. The molecule has 0 amide bonds. The third-order valence-corrected chi connectivity index (χ3v) is 6.25. The molecule has 1 saturated heterocycles. The van der Waals surface area contributed by atoms with Gasteiger partial charge in [-0.25, -0.2) is 13.6 Å². The minimum Gasteiger partial charge on any atom is -0.477 e. The Morgan fingerprint density at radius 3 is 2.37 bits per heavy atom. The number of hydrogen-bond acceptors (Lipinski definition) is 5. The van der Waals surface area contributed by atoms with E-state index in [1.165, 1.54) is 4.57 Å². The number of carboxylic acids is 1. The largest absolute Gasteiger partial charge is 0.477 e. The van der Waals surface area contributed by atoms with Gasteiger partial charge in [0, 0.05) is 25.3 Å². The fourth-order valence-corrected chi connectivity index (χ4v) is 4.47. The molecule has 1 aliphatic heterocycles. The molecule has 2 fully saturated rings. The second-order valence-corrected chi connectivity index (χ2v) is 8.00. The Bertz CT molecular complexity index is 1060. The van der Waals surface area contributed by atoms with Crippen LogP contribution in [0.5, 0.6) is 0 Å². The predicted molar refractivity (Wildman–Crippen MR) is 114 cm³/mol. The van der Waals surface area contributed by atoms with Crippen molar-refractivity contribution in [3.05, 3.63) is 33.6 Å². The summed E-state index contributed by atoms with van der Waals surface area (Å²) >= 11 is 0. The van der Waals surface area contributed by atoms with E-state index in [1.54, 1.807) is 4.90 Å². The number of aromatic nitrogens is 1. The lowest BCUT2D eigenvalue weighted by Gasteiger charge is -2.24. The number of halogens is 3. The summed E-state index contributed by atoms with van der Waals surface area (Å²) in [4.78, 5) is 25.8. The van der Waals surface area contributed by atoms with Crippen LogP contribution in [0.25, 0.3) is 10.9 Å². The van der Waals surface area contributed by atoms with E-state index >= 15 is 8.78 Å². The van der Waals surface area contributed by atoms with Crippen LogP contribution < -0.4 is 21.8 Å². The number of rotatable bonds is 5. The van der Waals surface area contributed by atoms with Gasteiger partial charge in [-0.3, -0.25) is 4.79 Å². The lowest BCUT2D eigenvalue weighted by Crippen LogP contribution is -2.27. The molecule has 2 aromatic rings. The zero-order valence-electron chi connectivity index (χ0n) is 16.5. The zero-order valence-corrected chi connectivity index (χ0v) is 17.3. The highest BCUT2D eigenvalue weighted by Gasteiger charge is 2.37. The summed E-state index contributed by atoms with van der Waals surface area (Å²) in [7, 11) is 0. The number of fused-ring (bicyclic) bond motifs is 1. The Morgan fingerprint density at radius 2 is 1.87 bits per heavy atom. The molecule has 1 aromatic carbocycles. The molecular formula is C20H25ClF2N4O3. The molecule has 1 aliphatic carbocycles. The van der Waals surface area contributed by atoms with Gasteiger partial charge in [-0.2, -0.15) is 0 Å². The van der Waals surface area contributed by atoms with Crippen molar-refractivity contribution >= 4 is 40.7 Å². The van der Waals surface area contributed by atoms with Crippen molar-refractivity contribution in [1.82, 2.24) is 4.57 Å². The van der Waals surface area contributed by atoms with Crippen LogP contribution in [0.3, 0.4) is 0 Å². The van der Waals surface area contributed by atoms with Crippen LogP contribution in [-0.2, 0) is 0 Å². The van der Waals surface area contributed by atoms with Crippen LogP contribution in [0.1, 0.15) is 42.6 Å². The number of aromatic carboxylic acids is 1. The lowest BCUT2D eigenvalue weighted by molar-refractivity contribution is 0.0695. The fraction of sp³-hybridized carbons (Fsp3) is 0.500. The molecule has 164 valence electrons. The Kier molecular flexibility index (Phi) is 5.97. The molecule has 0 spiro atoms. The van der Waals surface area contributed by atoms with Gasteiger partial charge in [0.1, 0.15) is 11.3 Å². The molecule has 2 aliphatic rings. The Morgan fingerprint density at radius 1 is 1.23 bits per heavy atom. The molecule has 0 radical (unpaired) electrons. The first-order chi connectivity index (χ1) is 13.8. The van der Waals surface area contributed by atoms with Crippen molar-refractivity contribution in [3.8, 4) is 0 Å². The van der Waals surface area contributed by atoms with Crippen LogP contribution >= 0.6 is 12.4 Å². The van der Waals surface area contributed by atoms with Crippen LogP contribution in [0.15, 0.2) is 11.0 Å². The molecule has 10 heteroatoms. The topological polar surface area (TPSA) is 115 Å². The van der Waals surface area contributed by atoms with Crippen molar-refractivity contribution < 1.29 is 18.7 Å². The predicted octanol–water partition coefficient (Wildman–Crippen LogP) is 2.74. The van der Waals surface area contributed by atoms with E-state index in [9.17, 15) is 14.7 Å². The van der Waals surface area contributed by atoms with Gasteiger partial charge in [-0.1, -0.05) is 13.3 Å². The zero-order chi connectivity index (χ0) is 21.0. The molecule has 0 bridgehead atoms. The van der Waals surface area contributed by atoms with Gasteiger partial charge in [-0.15, -0.1) is 12.4 Å². The molecule has 0 unspecified atom stereocenters. The number of hydrogen-bond donors (Lipinski definition) is 3. The van der Waals surface area contributed by atoms with Crippen LogP contribution in [-0.4, -0.2) is 35.3 Å². The van der Waals surface area contributed by atoms with Gasteiger partial charge < -0.3 is 26.0 Å². The monoisotopic (exact) mass is 442 g/mol. The summed E-state index contributed by atoms with van der Waals surface area (Å²) < 4.78 is 32.4. The Hall–Kier alpha value is -2.39. The maximum atomic E-state index is 15.7. The van der Waals surface area contributed by atoms with E-state index in [0.29, 0.717) is 19.6 Å². The normalized spacial score (nSPS) is 21.1. The van der Waals surface area contributed by atoms with E-state index < -0.39 is 39.7 Å². The summed E-state index contributed by atoms with van der Waals surface area (Å²) in [5, 5.41) is 8.95. The molecule has 2 atom stereocenters. The maximum Gasteiger partial charge on any atom is 0.341 e.